The van der Waals surface area contributed by atoms with Crippen LogP contribution in [-0.2, 0) is 10.0 Å². The van der Waals surface area contributed by atoms with Crippen molar-refractivity contribution in [2.24, 2.45) is 5.92 Å². The summed E-state index contributed by atoms with van der Waals surface area (Å²) >= 11 is 0. The average molecular weight is 302 g/mol. The lowest BCUT2D eigenvalue weighted by atomic mass is 9.85. The van der Waals surface area contributed by atoms with E-state index in [0.717, 1.165) is 6.07 Å². The van der Waals surface area contributed by atoms with Gasteiger partial charge in [0.2, 0.25) is 10.0 Å². The minimum absolute atomic E-state index is 0.0334. The van der Waals surface area contributed by atoms with Gasteiger partial charge >= 0.3 is 0 Å². The fourth-order valence-electron chi connectivity index (χ4n) is 2.16. The molecule has 1 aromatic rings. The summed E-state index contributed by atoms with van der Waals surface area (Å²) in [5.41, 5.74) is 4.47. The van der Waals surface area contributed by atoms with Crippen LogP contribution in [0.15, 0.2) is 17.0 Å². The first kappa shape index (κ1) is 15.2. The van der Waals surface area contributed by atoms with Crippen LogP contribution >= 0.6 is 0 Å². The van der Waals surface area contributed by atoms with E-state index in [2.05, 4.69) is 0 Å². The second-order valence-corrected chi connectivity index (χ2v) is 7.61. The molecule has 1 aromatic carbocycles. The zero-order chi connectivity index (χ0) is 15.3. The number of sulfonamides is 1. The summed E-state index contributed by atoms with van der Waals surface area (Å²) in [5.74, 6) is -0.639. The number of hydrogen-bond acceptors (Lipinski definition) is 4. The molecule has 0 atom stereocenters. The van der Waals surface area contributed by atoms with Gasteiger partial charge in [-0.3, -0.25) is 0 Å². The van der Waals surface area contributed by atoms with E-state index in [-0.39, 0.29) is 35.2 Å². The van der Waals surface area contributed by atoms with Crippen molar-refractivity contribution in [3.8, 4) is 0 Å². The van der Waals surface area contributed by atoms with Crippen molar-refractivity contribution in [3.05, 3.63) is 23.5 Å². The monoisotopic (exact) mass is 302 g/mol. The molecule has 1 heterocycles. The molecule has 0 saturated carbocycles. The van der Waals surface area contributed by atoms with Gasteiger partial charge in [-0.1, -0.05) is 13.8 Å². The molecule has 3 N–H and O–H groups in total. The van der Waals surface area contributed by atoms with Gasteiger partial charge in [-0.25, -0.2) is 12.8 Å². The average Bonchev–Trinajstić information content (AvgIpc) is 2.30. The molecule has 2 rings (SSSR count). The summed E-state index contributed by atoms with van der Waals surface area (Å²) in [6.07, 6.45) is 0. The number of hydrogen-bond donors (Lipinski definition) is 2. The van der Waals surface area contributed by atoms with Gasteiger partial charge in [0.1, 0.15) is 5.82 Å². The third-order valence-corrected chi connectivity index (χ3v) is 5.64. The van der Waals surface area contributed by atoms with Crippen LogP contribution in [0, 0.1) is 18.7 Å². The predicted octanol–water partition coefficient (Wildman–Crippen LogP) is 1.11. The van der Waals surface area contributed by atoms with E-state index in [4.69, 9.17) is 5.73 Å². The Morgan fingerprint density at radius 2 is 1.95 bits per heavy atom. The number of halogens is 1. The Morgan fingerprint density at radius 1 is 1.40 bits per heavy atom. The molecule has 7 heteroatoms. The van der Waals surface area contributed by atoms with Crippen LogP contribution in [0.3, 0.4) is 0 Å². The second-order valence-electron chi connectivity index (χ2n) is 5.67. The first-order valence-corrected chi connectivity index (χ1v) is 7.80. The Morgan fingerprint density at radius 3 is 2.40 bits per heavy atom. The van der Waals surface area contributed by atoms with E-state index < -0.39 is 21.4 Å². The van der Waals surface area contributed by atoms with Gasteiger partial charge in [0.25, 0.3) is 0 Å². The number of aliphatic hydroxyl groups is 1. The van der Waals surface area contributed by atoms with Gasteiger partial charge in [0.15, 0.2) is 0 Å². The van der Waals surface area contributed by atoms with Crippen LogP contribution in [0.1, 0.15) is 19.4 Å². The number of nitrogen functional groups attached to an aromatic ring is 1. The van der Waals surface area contributed by atoms with Gasteiger partial charge in [-0.2, -0.15) is 4.31 Å². The van der Waals surface area contributed by atoms with E-state index in [1.165, 1.54) is 17.3 Å². The maximum absolute atomic E-state index is 13.5. The highest BCUT2D eigenvalue weighted by atomic mass is 32.2. The molecule has 0 unspecified atom stereocenters. The topological polar surface area (TPSA) is 83.6 Å². The van der Waals surface area contributed by atoms with Crippen LogP contribution in [0.5, 0.6) is 0 Å². The van der Waals surface area contributed by atoms with Crippen molar-refractivity contribution >= 4 is 15.7 Å². The number of aryl methyl sites for hydroxylation is 1. The van der Waals surface area contributed by atoms with E-state index in [9.17, 15) is 17.9 Å². The van der Waals surface area contributed by atoms with E-state index in [0.29, 0.717) is 0 Å². The first-order chi connectivity index (χ1) is 9.08. The first-order valence-electron chi connectivity index (χ1n) is 6.36. The van der Waals surface area contributed by atoms with Crippen LogP contribution < -0.4 is 5.73 Å². The van der Waals surface area contributed by atoms with Crippen LogP contribution in [-0.4, -0.2) is 36.5 Å². The maximum Gasteiger partial charge on any atom is 0.243 e. The van der Waals surface area contributed by atoms with Crippen molar-refractivity contribution < 1.29 is 17.9 Å². The molecule has 0 spiro atoms. The fourth-order valence-corrected chi connectivity index (χ4v) is 3.85. The van der Waals surface area contributed by atoms with Crippen LogP contribution in [0.4, 0.5) is 10.1 Å². The number of benzene rings is 1. The molecule has 1 saturated heterocycles. The highest BCUT2D eigenvalue weighted by molar-refractivity contribution is 7.89. The number of β-amino-alcohol motifs (C(OH)–C–C–N with tert-alkyl or cyclic N) is 1. The van der Waals surface area contributed by atoms with Gasteiger partial charge < -0.3 is 10.8 Å². The van der Waals surface area contributed by atoms with E-state index in [1.54, 1.807) is 0 Å². The summed E-state index contributed by atoms with van der Waals surface area (Å²) in [6.45, 7) is 5.23. The molecular formula is C13H19FN2O3S. The zero-order valence-corrected chi connectivity index (χ0v) is 12.5. The summed E-state index contributed by atoms with van der Waals surface area (Å²) < 4.78 is 39.4. The van der Waals surface area contributed by atoms with Crippen molar-refractivity contribution in [2.45, 2.75) is 31.3 Å². The predicted molar refractivity (Wildman–Crippen MR) is 74.1 cm³/mol. The minimum atomic E-state index is -3.74. The molecule has 5 nitrogen and oxygen atoms in total. The normalized spacial score (nSPS) is 19.1. The lowest BCUT2D eigenvalue weighted by molar-refractivity contribution is -0.0932. The Kier molecular flexibility index (Phi) is 3.56. The van der Waals surface area contributed by atoms with Crippen molar-refractivity contribution in [1.82, 2.24) is 4.31 Å². The summed E-state index contributed by atoms with van der Waals surface area (Å²) in [4.78, 5) is -0.0419. The molecule has 1 aliphatic rings. The molecule has 1 aliphatic heterocycles. The van der Waals surface area contributed by atoms with E-state index >= 15 is 0 Å². The molecule has 0 radical (unpaired) electrons. The second kappa shape index (κ2) is 4.68. The zero-order valence-electron chi connectivity index (χ0n) is 11.7. The molecule has 20 heavy (non-hydrogen) atoms. The van der Waals surface area contributed by atoms with Crippen LogP contribution in [0.2, 0.25) is 0 Å². The lowest BCUT2D eigenvalue weighted by Gasteiger charge is -2.47. The third-order valence-electron chi connectivity index (χ3n) is 3.87. The van der Waals surface area contributed by atoms with E-state index in [1.807, 2.05) is 13.8 Å². The molecule has 112 valence electrons. The molecular weight excluding hydrogens is 283 g/mol. The largest absolute Gasteiger partial charge is 0.396 e. The number of nitrogens with two attached hydrogens (primary N) is 1. The molecule has 0 amide bonds. The summed E-state index contributed by atoms with van der Waals surface area (Å²) in [7, 11) is -3.74. The number of nitrogens with zero attached hydrogens (tertiary/aromatic N) is 1. The Bertz CT molecular complexity index is 614. The maximum atomic E-state index is 13.5. The van der Waals surface area contributed by atoms with Gasteiger partial charge in [0.05, 0.1) is 16.2 Å². The SMILES string of the molecule is Cc1cc(S(=O)(=O)N2CC(O)(C(C)C)C2)cc(N)c1F. The highest BCUT2D eigenvalue weighted by Gasteiger charge is 2.49. The van der Waals surface area contributed by atoms with Crippen LogP contribution in [0.25, 0.3) is 0 Å². The van der Waals surface area contributed by atoms with Gasteiger partial charge in [0, 0.05) is 13.1 Å². The fraction of sp³-hybridized carbons (Fsp3) is 0.538. The number of anilines is 1. The third kappa shape index (κ3) is 2.30. The Hall–Kier alpha value is -1.18. The van der Waals surface area contributed by atoms with Gasteiger partial charge in [-0.05, 0) is 30.5 Å². The molecule has 0 aromatic heterocycles. The summed E-state index contributed by atoms with van der Waals surface area (Å²) in [5, 5.41) is 10.1. The lowest BCUT2D eigenvalue weighted by Crippen LogP contribution is -2.65. The standard InChI is InChI=1S/C13H19FN2O3S/c1-8(2)13(17)6-16(7-13)20(18,19)10-4-9(3)12(14)11(15)5-10/h4-5,8,17H,6-7,15H2,1-3H3. The minimum Gasteiger partial charge on any atom is -0.396 e. The van der Waals surface area contributed by atoms with Gasteiger partial charge in [-0.15, -0.1) is 0 Å². The van der Waals surface area contributed by atoms with Crippen molar-refractivity contribution in [1.29, 1.82) is 0 Å². The number of rotatable bonds is 3. The smallest absolute Gasteiger partial charge is 0.243 e. The molecule has 0 aliphatic carbocycles. The molecule has 0 bridgehead atoms. The molecule has 1 fully saturated rings. The summed E-state index contributed by atoms with van der Waals surface area (Å²) in [6, 6.07) is 2.37. The van der Waals surface area contributed by atoms with Crippen molar-refractivity contribution in [3.63, 3.8) is 0 Å². The quantitative estimate of drug-likeness (QED) is 0.819. The van der Waals surface area contributed by atoms with Crippen molar-refractivity contribution in [2.75, 3.05) is 18.8 Å². The highest BCUT2D eigenvalue weighted by Crippen LogP contribution is 2.34. The Labute approximate surface area is 118 Å². The Balaban J connectivity index is 2.30.